The van der Waals surface area contributed by atoms with Crippen molar-refractivity contribution in [3.8, 4) is 0 Å². The number of carbonyl (C=O) groups excluding carboxylic acids is 1. The second-order valence-electron chi connectivity index (χ2n) is 5.41. The van der Waals surface area contributed by atoms with Gasteiger partial charge in [-0.05, 0) is 57.9 Å². The van der Waals surface area contributed by atoms with Crippen LogP contribution in [0, 0.1) is 6.92 Å². The lowest BCUT2D eigenvalue weighted by atomic mass is 10.1. The van der Waals surface area contributed by atoms with Gasteiger partial charge in [0.05, 0.1) is 6.54 Å². The molecule has 0 heterocycles. The van der Waals surface area contributed by atoms with E-state index in [1.165, 1.54) is 5.69 Å². The van der Waals surface area contributed by atoms with E-state index < -0.39 is 0 Å². The Morgan fingerprint density at radius 2 is 1.90 bits per heavy atom. The summed E-state index contributed by atoms with van der Waals surface area (Å²) in [7, 11) is 0. The number of amides is 1. The minimum Gasteiger partial charge on any atom is -0.372 e. The molecule has 4 heteroatoms. The first kappa shape index (κ1) is 17.5. The predicted octanol–water partition coefficient (Wildman–Crippen LogP) is 3.17. The fourth-order valence-electron chi connectivity index (χ4n) is 2.18. The zero-order valence-corrected chi connectivity index (χ0v) is 14.0. The highest BCUT2D eigenvalue weighted by atomic mass is 16.1. The van der Waals surface area contributed by atoms with Gasteiger partial charge in [-0.25, -0.2) is 0 Å². The molecule has 0 aliphatic heterocycles. The summed E-state index contributed by atoms with van der Waals surface area (Å²) in [6, 6.07) is 6.55. The van der Waals surface area contributed by atoms with Crippen LogP contribution in [0.4, 0.5) is 11.4 Å². The number of hydrogen-bond donors (Lipinski definition) is 2. The van der Waals surface area contributed by atoms with Gasteiger partial charge in [0.1, 0.15) is 0 Å². The van der Waals surface area contributed by atoms with E-state index in [4.69, 9.17) is 0 Å². The van der Waals surface area contributed by atoms with Crippen molar-refractivity contribution in [1.29, 1.82) is 0 Å². The van der Waals surface area contributed by atoms with E-state index in [1.807, 2.05) is 13.0 Å². The fourth-order valence-corrected chi connectivity index (χ4v) is 2.18. The van der Waals surface area contributed by atoms with Crippen LogP contribution in [0.3, 0.4) is 0 Å². The van der Waals surface area contributed by atoms with Gasteiger partial charge in [-0.1, -0.05) is 6.92 Å². The molecule has 21 heavy (non-hydrogen) atoms. The maximum Gasteiger partial charge on any atom is 0.238 e. The Morgan fingerprint density at radius 1 is 1.24 bits per heavy atom. The molecule has 0 radical (unpaired) electrons. The van der Waals surface area contributed by atoms with Gasteiger partial charge in [-0.2, -0.15) is 0 Å². The zero-order valence-electron chi connectivity index (χ0n) is 14.0. The lowest BCUT2D eigenvalue weighted by molar-refractivity contribution is -0.115. The van der Waals surface area contributed by atoms with Crippen molar-refractivity contribution in [2.24, 2.45) is 0 Å². The first-order valence-electron chi connectivity index (χ1n) is 7.90. The molecular formula is C17H29N3O. The number of nitrogens with zero attached hydrogens (tertiary/aromatic N) is 1. The van der Waals surface area contributed by atoms with Gasteiger partial charge in [0, 0.05) is 30.5 Å². The molecule has 0 saturated carbocycles. The summed E-state index contributed by atoms with van der Waals surface area (Å²) in [5.41, 5.74) is 3.19. The second-order valence-corrected chi connectivity index (χ2v) is 5.41. The zero-order chi connectivity index (χ0) is 15.8. The molecule has 0 aliphatic rings. The Balaban J connectivity index is 2.66. The van der Waals surface area contributed by atoms with E-state index in [-0.39, 0.29) is 5.91 Å². The summed E-state index contributed by atoms with van der Waals surface area (Å²) in [6.07, 6.45) is 1.02. The highest BCUT2D eigenvalue weighted by Gasteiger charge is 2.08. The molecule has 0 aromatic heterocycles. The molecule has 1 aromatic rings. The molecule has 1 unspecified atom stereocenters. The molecular weight excluding hydrogens is 262 g/mol. The number of nitrogens with one attached hydrogen (secondary N) is 2. The van der Waals surface area contributed by atoms with Crippen molar-refractivity contribution in [3.63, 3.8) is 0 Å². The molecule has 1 rings (SSSR count). The average molecular weight is 291 g/mol. The standard InChI is InChI=1S/C17H29N3O/c1-6-14(5)18-12-17(21)19-16-10-9-15(11-13(16)4)20(7-2)8-3/h9-11,14,18H,6-8,12H2,1-5H3,(H,19,21). The maximum atomic E-state index is 11.9. The highest BCUT2D eigenvalue weighted by Crippen LogP contribution is 2.22. The molecule has 0 bridgehead atoms. The Kier molecular flexibility index (Phi) is 7.23. The summed E-state index contributed by atoms with van der Waals surface area (Å²) in [5.74, 6) is 0.00832. The van der Waals surface area contributed by atoms with Crippen molar-refractivity contribution in [2.45, 2.75) is 47.1 Å². The molecule has 1 atom stereocenters. The van der Waals surface area contributed by atoms with Gasteiger partial charge in [-0.3, -0.25) is 4.79 Å². The third-order valence-electron chi connectivity index (χ3n) is 3.84. The van der Waals surface area contributed by atoms with Crippen molar-refractivity contribution in [1.82, 2.24) is 5.32 Å². The second kappa shape index (κ2) is 8.67. The van der Waals surface area contributed by atoms with Crippen LogP contribution in [0.5, 0.6) is 0 Å². The molecule has 0 aliphatic carbocycles. The average Bonchev–Trinajstić information content (AvgIpc) is 2.48. The summed E-state index contributed by atoms with van der Waals surface area (Å²) < 4.78 is 0. The predicted molar refractivity (Wildman–Crippen MR) is 91.1 cm³/mol. The fraction of sp³-hybridized carbons (Fsp3) is 0.588. The lowest BCUT2D eigenvalue weighted by Gasteiger charge is -2.22. The van der Waals surface area contributed by atoms with Crippen LogP contribution in [0.15, 0.2) is 18.2 Å². The molecule has 2 N–H and O–H groups in total. The van der Waals surface area contributed by atoms with E-state index >= 15 is 0 Å². The first-order chi connectivity index (χ1) is 10.0. The molecule has 4 nitrogen and oxygen atoms in total. The molecule has 0 fully saturated rings. The minimum atomic E-state index is 0.00832. The third kappa shape index (κ3) is 5.38. The van der Waals surface area contributed by atoms with Gasteiger partial charge >= 0.3 is 0 Å². The van der Waals surface area contributed by atoms with Crippen LogP contribution in [0.1, 0.15) is 39.7 Å². The summed E-state index contributed by atoms with van der Waals surface area (Å²) in [5, 5.41) is 6.17. The van der Waals surface area contributed by atoms with Crippen LogP contribution in [0.25, 0.3) is 0 Å². The quantitative estimate of drug-likeness (QED) is 0.773. The van der Waals surface area contributed by atoms with E-state index in [0.29, 0.717) is 12.6 Å². The van der Waals surface area contributed by atoms with Crippen LogP contribution in [-0.4, -0.2) is 31.6 Å². The number of benzene rings is 1. The van der Waals surface area contributed by atoms with E-state index in [1.54, 1.807) is 0 Å². The summed E-state index contributed by atoms with van der Waals surface area (Å²) in [6.45, 7) is 12.8. The number of rotatable bonds is 8. The Morgan fingerprint density at radius 3 is 2.43 bits per heavy atom. The monoisotopic (exact) mass is 291 g/mol. The van der Waals surface area contributed by atoms with Gasteiger partial charge < -0.3 is 15.5 Å². The van der Waals surface area contributed by atoms with Crippen molar-refractivity contribution in [3.05, 3.63) is 23.8 Å². The van der Waals surface area contributed by atoms with E-state index in [9.17, 15) is 4.79 Å². The van der Waals surface area contributed by atoms with Crippen LogP contribution in [0.2, 0.25) is 0 Å². The van der Waals surface area contributed by atoms with Crippen molar-refractivity contribution in [2.75, 3.05) is 29.9 Å². The molecule has 118 valence electrons. The van der Waals surface area contributed by atoms with Crippen molar-refractivity contribution < 1.29 is 4.79 Å². The van der Waals surface area contributed by atoms with Gasteiger partial charge in [0.15, 0.2) is 0 Å². The summed E-state index contributed by atoms with van der Waals surface area (Å²) >= 11 is 0. The Hall–Kier alpha value is -1.55. The topological polar surface area (TPSA) is 44.4 Å². The normalized spacial score (nSPS) is 12.0. The molecule has 0 spiro atoms. The number of aryl methyl sites for hydroxylation is 1. The third-order valence-corrected chi connectivity index (χ3v) is 3.84. The van der Waals surface area contributed by atoms with E-state index in [0.717, 1.165) is 30.8 Å². The first-order valence-corrected chi connectivity index (χ1v) is 7.90. The van der Waals surface area contributed by atoms with E-state index in [2.05, 4.69) is 55.4 Å². The smallest absolute Gasteiger partial charge is 0.238 e. The summed E-state index contributed by atoms with van der Waals surface area (Å²) in [4.78, 5) is 14.2. The maximum absolute atomic E-state index is 11.9. The lowest BCUT2D eigenvalue weighted by Crippen LogP contribution is -2.34. The number of anilines is 2. The van der Waals surface area contributed by atoms with Crippen LogP contribution < -0.4 is 15.5 Å². The largest absolute Gasteiger partial charge is 0.372 e. The Labute approximate surface area is 128 Å². The van der Waals surface area contributed by atoms with Gasteiger partial charge in [0.25, 0.3) is 0 Å². The SMILES string of the molecule is CCC(C)NCC(=O)Nc1ccc(N(CC)CC)cc1C. The van der Waals surface area contributed by atoms with Gasteiger partial charge in [-0.15, -0.1) is 0 Å². The molecule has 1 amide bonds. The minimum absolute atomic E-state index is 0.00832. The Bertz CT molecular complexity index is 455. The number of carbonyl (C=O) groups is 1. The van der Waals surface area contributed by atoms with Crippen LogP contribution in [-0.2, 0) is 4.79 Å². The van der Waals surface area contributed by atoms with Crippen molar-refractivity contribution >= 4 is 17.3 Å². The van der Waals surface area contributed by atoms with Gasteiger partial charge in [0.2, 0.25) is 5.91 Å². The molecule has 0 saturated heterocycles. The number of hydrogen-bond acceptors (Lipinski definition) is 3. The highest BCUT2D eigenvalue weighted by molar-refractivity contribution is 5.93. The van der Waals surface area contributed by atoms with Crippen LogP contribution >= 0.6 is 0 Å². The molecule has 1 aromatic carbocycles.